The van der Waals surface area contributed by atoms with Gasteiger partial charge in [-0.15, -0.1) is 0 Å². The summed E-state index contributed by atoms with van der Waals surface area (Å²) < 4.78 is 37.2. The fourth-order valence-corrected chi connectivity index (χ4v) is 5.64. The second kappa shape index (κ2) is 10.2. The standard InChI is InChI=1S/C24H27N3O4.C2HF3O2/c1-3-27-21(28)18-19(22(27)29)24(25-20(18)16-9-7-15(2)8-10-16)11-5-12-26(23(24)30)14-17-6-4-13-31-17;3-2(4,5)1(6)7/h4,6-10,13,18-20,25H,3,5,11-12,14H2,1-2H3;(H,6,7)/t18-,19-,20-,24-;/m1./s1. The van der Waals surface area contributed by atoms with Crippen molar-refractivity contribution in [2.75, 3.05) is 13.1 Å². The summed E-state index contributed by atoms with van der Waals surface area (Å²) in [6.07, 6.45) is -2.19. The van der Waals surface area contributed by atoms with Crippen LogP contribution in [0.1, 0.15) is 42.7 Å². The van der Waals surface area contributed by atoms with Crippen molar-refractivity contribution >= 4 is 23.7 Å². The number of furan rings is 1. The molecule has 2 N–H and O–H groups in total. The van der Waals surface area contributed by atoms with Gasteiger partial charge in [-0.2, -0.15) is 13.2 Å². The van der Waals surface area contributed by atoms with E-state index in [-0.39, 0.29) is 23.8 Å². The number of nitrogens with zero attached hydrogens (tertiary/aromatic N) is 2. The van der Waals surface area contributed by atoms with Crippen LogP contribution in [0.25, 0.3) is 0 Å². The number of imide groups is 1. The van der Waals surface area contributed by atoms with E-state index < -0.39 is 29.5 Å². The lowest BCUT2D eigenvalue weighted by Crippen LogP contribution is -2.63. The minimum absolute atomic E-state index is 0.112. The number of aryl methyl sites for hydroxylation is 1. The first-order valence-electron chi connectivity index (χ1n) is 12.2. The average molecular weight is 536 g/mol. The van der Waals surface area contributed by atoms with Gasteiger partial charge in [-0.1, -0.05) is 29.8 Å². The van der Waals surface area contributed by atoms with Crippen LogP contribution in [0.2, 0.25) is 0 Å². The number of aliphatic carboxylic acids is 1. The molecule has 3 saturated heterocycles. The number of hydrogen-bond acceptors (Lipinski definition) is 6. The van der Waals surface area contributed by atoms with Crippen molar-refractivity contribution in [3.05, 3.63) is 59.5 Å². The van der Waals surface area contributed by atoms with Crippen LogP contribution in [0.5, 0.6) is 0 Å². The molecule has 2 aromatic rings. The second-order valence-corrected chi connectivity index (χ2v) is 9.64. The zero-order valence-electron chi connectivity index (χ0n) is 20.8. The molecule has 0 bridgehead atoms. The summed E-state index contributed by atoms with van der Waals surface area (Å²) in [4.78, 5) is 52.5. The van der Waals surface area contributed by atoms with Crippen molar-refractivity contribution in [1.82, 2.24) is 15.1 Å². The first-order valence-corrected chi connectivity index (χ1v) is 12.2. The van der Waals surface area contributed by atoms with E-state index in [2.05, 4.69) is 5.32 Å². The first kappa shape index (κ1) is 27.4. The van der Waals surface area contributed by atoms with Crippen LogP contribution >= 0.6 is 0 Å². The minimum Gasteiger partial charge on any atom is -0.475 e. The molecule has 3 aliphatic heterocycles. The molecule has 4 heterocycles. The number of carbonyl (C=O) groups is 4. The summed E-state index contributed by atoms with van der Waals surface area (Å²) in [6.45, 7) is 5.11. The number of likely N-dealkylation sites (tertiary alicyclic amines) is 2. The highest BCUT2D eigenvalue weighted by molar-refractivity contribution is 6.10. The SMILES string of the molecule is CCN1C(=O)[C@H]2[C@@H](c3ccc(C)cc3)N[C@]3(CCCN(Cc4ccco4)C3=O)[C@H]2C1=O.O=C(O)C(F)(F)F. The van der Waals surface area contributed by atoms with E-state index in [1.807, 2.05) is 44.2 Å². The zero-order valence-corrected chi connectivity index (χ0v) is 20.8. The van der Waals surface area contributed by atoms with E-state index in [1.54, 1.807) is 17.2 Å². The Morgan fingerprint density at radius 2 is 1.82 bits per heavy atom. The summed E-state index contributed by atoms with van der Waals surface area (Å²) in [6, 6.07) is 11.3. The summed E-state index contributed by atoms with van der Waals surface area (Å²) in [5.74, 6) is -3.82. The maximum absolute atomic E-state index is 13.8. The third-order valence-corrected chi connectivity index (χ3v) is 7.34. The molecule has 12 heteroatoms. The van der Waals surface area contributed by atoms with Gasteiger partial charge in [0.2, 0.25) is 17.7 Å². The molecule has 3 fully saturated rings. The van der Waals surface area contributed by atoms with Gasteiger partial charge in [0.15, 0.2) is 0 Å². The molecule has 0 aliphatic carbocycles. The lowest BCUT2D eigenvalue weighted by Gasteiger charge is -2.42. The Kier molecular flexibility index (Phi) is 7.37. The van der Waals surface area contributed by atoms with Crippen molar-refractivity contribution in [3.63, 3.8) is 0 Å². The van der Waals surface area contributed by atoms with Gasteiger partial charge in [-0.25, -0.2) is 4.79 Å². The normalized spacial score (nSPS) is 27.0. The van der Waals surface area contributed by atoms with Gasteiger partial charge in [0, 0.05) is 19.1 Å². The Labute approximate surface area is 216 Å². The van der Waals surface area contributed by atoms with E-state index >= 15 is 0 Å². The number of carbonyl (C=O) groups excluding carboxylic acids is 3. The van der Waals surface area contributed by atoms with Crippen molar-refractivity contribution in [1.29, 1.82) is 0 Å². The number of carboxylic acid groups (broad SMARTS) is 1. The Hall–Kier alpha value is -3.67. The number of halogens is 3. The van der Waals surface area contributed by atoms with Crippen molar-refractivity contribution in [3.8, 4) is 0 Å². The maximum atomic E-state index is 13.8. The molecule has 0 unspecified atom stereocenters. The molecule has 5 rings (SSSR count). The number of rotatable bonds is 4. The van der Waals surface area contributed by atoms with Crippen molar-refractivity contribution in [2.24, 2.45) is 11.8 Å². The number of benzene rings is 1. The summed E-state index contributed by atoms with van der Waals surface area (Å²) in [5, 5.41) is 10.6. The van der Waals surface area contributed by atoms with Crippen LogP contribution in [0, 0.1) is 18.8 Å². The monoisotopic (exact) mass is 535 g/mol. The Balaban J connectivity index is 0.000000426. The predicted molar refractivity (Wildman–Crippen MR) is 126 cm³/mol. The van der Waals surface area contributed by atoms with Gasteiger partial charge in [-0.05, 0) is 44.4 Å². The Morgan fingerprint density at radius 1 is 1.16 bits per heavy atom. The van der Waals surface area contributed by atoms with Gasteiger partial charge in [0.05, 0.1) is 24.6 Å². The quantitative estimate of drug-likeness (QED) is 0.578. The summed E-state index contributed by atoms with van der Waals surface area (Å²) >= 11 is 0. The first-order chi connectivity index (χ1) is 17.9. The highest BCUT2D eigenvalue weighted by atomic mass is 19.4. The van der Waals surface area contributed by atoms with Gasteiger partial charge in [-0.3, -0.25) is 24.6 Å². The number of piperidine rings is 1. The highest BCUT2D eigenvalue weighted by Crippen LogP contribution is 2.52. The number of hydrogen-bond donors (Lipinski definition) is 2. The van der Waals surface area contributed by atoms with Gasteiger partial charge >= 0.3 is 12.1 Å². The van der Waals surface area contributed by atoms with E-state index in [4.69, 9.17) is 14.3 Å². The second-order valence-electron chi connectivity index (χ2n) is 9.64. The summed E-state index contributed by atoms with van der Waals surface area (Å²) in [7, 11) is 0. The van der Waals surface area contributed by atoms with Gasteiger partial charge < -0.3 is 14.4 Å². The Morgan fingerprint density at radius 3 is 2.37 bits per heavy atom. The van der Waals surface area contributed by atoms with E-state index in [0.29, 0.717) is 31.8 Å². The minimum atomic E-state index is -5.08. The molecule has 1 aromatic heterocycles. The fourth-order valence-electron chi connectivity index (χ4n) is 5.64. The molecule has 0 saturated carbocycles. The number of carboxylic acids is 1. The van der Waals surface area contributed by atoms with Gasteiger partial charge in [0.25, 0.3) is 0 Å². The maximum Gasteiger partial charge on any atom is 0.490 e. The molecule has 0 radical (unpaired) electrons. The molecule has 3 amide bonds. The van der Waals surface area contributed by atoms with E-state index in [0.717, 1.165) is 17.5 Å². The molecule has 38 heavy (non-hydrogen) atoms. The number of amides is 3. The molecule has 4 atom stereocenters. The molecule has 204 valence electrons. The largest absolute Gasteiger partial charge is 0.490 e. The molecular weight excluding hydrogens is 507 g/mol. The van der Waals surface area contributed by atoms with E-state index in [1.165, 1.54) is 4.90 Å². The van der Waals surface area contributed by atoms with Crippen LogP contribution in [-0.2, 0) is 25.7 Å². The van der Waals surface area contributed by atoms with Crippen molar-refractivity contribution in [2.45, 2.75) is 51.0 Å². The fraction of sp³-hybridized carbons (Fsp3) is 0.462. The molecule has 1 aromatic carbocycles. The molecule has 1 spiro atoms. The van der Waals surface area contributed by atoms with Crippen molar-refractivity contribution < 1.29 is 41.9 Å². The van der Waals surface area contributed by atoms with E-state index in [9.17, 15) is 27.6 Å². The molecule has 3 aliphatic rings. The average Bonchev–Trinajstić information content (AvgIpc) is 3.55. The lowest BCUT2D eigenvalue weighted by atomic mass is 9.74. The van der Waals surface area contributed by atoms with Crippen LogP contribution in [-0.4, -0.2) is 63.4 Å². The van der Waals surface area contributed by atoms with Crippen LogP contribution in [0.15, 0.2) is 47.1 Å². The van der Waals surface area contributed by atoms with Crippen LogP contribution in [0.4, 0.5) is 13.2 Å². The zero-order chi connectivity index (χ0) is 27.8. The van der Waals surface area contributed by atoms with Crippen LogP contribution < -0.4 is 5.32 Å². The van der Waals surface area contributed by atoms with Crippen LogP contribution in [0.3, 0.4) is 0 Å². The third kappa shape index (κ3) is 4.80. The predicted octanol–water partition coefficient (Wildman–Crippen LogP) is 3.05. The molecule has 9 nitrogen and oxygen atoms in total. The summed E-state index contributed by atoms with van der Waals surface area (Å²) in [5.41, 5.74) is 0.991. The topological polar surface area (TPSA) is 120 Å². The lowest BCUT2D eigenvalue weighted by molar-refractivity contribution is -0.192. The third-order valence-electron chi connectivity index (χ3n) is 7.34. The number of fused-ring (bicyclic) bond motifs is 2. The smallest absolute Gasteiger partial charge is 0.475 e. The van der Waals surface area contributed by atoms with Gasteiger partial charge in [0.1, 0.15) is 11.3 Å². The number of alkyl halides is 3. The number of nitrogens with one attached hydrogen (secondary N) is 1. The Bertz CT molecular complexity index is 1210. The molecular formula is C26H28F3N3O6. The highest BCUT2D eigenvalue weighted by Gasteiger charge is 2.68.